The van der Waals surface area contributed by atoms with E-state index >= 15 is 0 Å². The number of hydrogen-bond donors (Lipinski definition) is 3. The molecule has 0 saturated carbocycles. The molecule has 8 heteroatoms. The molecule has 7 nitrogen and oxygen atoms in total. The number of carbonyl (C=O) groups is 1. The van der Waals surface area contributed by atoms with E-state index in [0.717, 1.165) is 18.7 Å². The lowest BCUT2D eigenvalue weighted by Gasteiger charge is -2.34. The quantitative estimate of drug-likeness (QED) is 0.501. The minimum atomic E-state index is -0.750. The van der Waals surface area contributed by atoms with Gasteiger partial charge in [-0.1, -0.05) is 12.2 Å². The summed E-state index contributed by atoms with van der Waals surface area (Å²) < 4.78 is 5.29. The third kappa shape index (κ3) is 3.31. The van der Waals surface area contributed by atoms with E-state index < -0.39 is 5.41 Å². The Morgan fingerprint density at radius 3 is 2.90 bits per heavy atom. The third-order valence-corrected chi connectivity index (χ3v) is 3.98. The van der Waals surface area contributed by atoms with Crippen LogP contribution in [0.1, 0.15) is 25.1 Å². The Balaban J connectivity index is 1.81. The number of carbonyl (C=O) groups excluding carboxylic acids is 1. The number of aromatic amines is 1. The maximum absolute atomic E-state index is 12.4. The second-order valence-corrected chi connectivity index (χ2v) is 5.29. The van der Waals surface area contributed by atoms with Crippen molar-refractivity contribution in [1.82, 2.24) is 20.5 Å². The van der Waals surface area contributed by atoms with Gasteiger partial charge in [0.15, 0.2) is 0 Å². The molecule has 4 N–H and O–H groups in total. The minimum absolute atomic E-state index is 0.0918. The van der Waals surface area contributed by atoms with Crippen LogP contribution in [0.15, 0.2) is 6.33 Å². The van der Waals surface area contributed by atoms with Crippen LogP contribution in [0.5, 0.6) is 0 Å². The van der Waals surface area contributed by atoms with Gasteiger partial charge in [0, 0.05) is 26.2 Å². The zero-order valence-corrected chi connectivity index (χ0v) is 12.0. The van der Waals surface area contributed by atoms with Crippen molar-refractivity contribution in [2.45, 2.75) is 25.7 Å². The van der Waals surface area contributed by atoms with E-state index in [4.69, 9.17) is 22.7 Å². The van der Waals surface area contributed by atoms with Crippen LogP contribution in [-0.2, 0) is 16.0 Å². The predicted octanol–water partition coefficient (Wildman–Crippen LogP) is -0.0636. The first kappa shape index (κ1) is 14.9. The topological polar surface area (TPSA) is 106 Å². The fourth-order valence-corrected chi connectivity index (χ4v) is 2.58. The molecular formula is C12H19N5O2S. The summed E-state index contributed by atoms with van der Waals surface area (Å²) in [5.41, 5.74) is 5.03. The second-order valence-electron chi connectivity index (χ2n) is 4.85. The molecule has 2 rings (SSSR count). The summed E-state index contributed by atoms with van der Waals surface area (Å²) in [6.07, 6.45) is 4.10. The van der Waals surface area contributed by atoms with Gasteiger partial charge in [0.1, 0.15) is 17.6 Å². The van der Waals surface area contributed by atoms with E-state index in [1.807, 2.05) is 0 Å². The number of amides is 1. The molecule has 0 atom stereocenters. The first-order chi connectivity index (χ1) is 9.65. The highest BCUT2D eigenvalue weighted by Gasteiger charge is 2.42. The Labute approximate surface area is 122 Å². The average Bonchev–Trinajstić information content (AvgIpc) is 2.97. The maximum Gasteiger partial charge on any atom is 0.233 e. The fourth-order valence-electron chi connectivity index (χ4n) is 2.28. The number of nitrogens with two attached hydrogens (primary N) is 1. The van der Waals surface area contributed by atoms with Crippen molar-refractivity contribution < 1.29 is 9.53 Å². The zero-order chi connectivity index (χ0) is 14.4. The average molecular weight is 297 g/mol. The summed E-state index contributed by atoms with van der Waals surface area (Å²) in [6, 6.07) is 0. The van der Waals surface area contributed by atoms with Gasteiger partial charge in [0.25, 0.3) is 0 Å². The molecule has 0 spiro atoms. The molecule has 1 saturated heterocycles. The summed E-state index contributed by atoms with van der Waals surface area (Å²) in [7, 11) is 0. The van der Waals surface area contributed by atoms with E-state index in [0.29, 0.717) is 32.6 Å². The Hall–Kier alpha value is -1.54. The SMILES string of the molecule is NC(=S)C1(C(=O)NCCCc2ncn[nH]2)CCOCC1. The number of aryl methyl sites for hydroxylation is 1. The zero-order valence-electron chi connectivity index (χ0n) is 11.2. The van der Waals surface area contributed by atoms with E-state index in [1.165, 1.54) is 6.33 Å². The van der Waals surface area contributed by atoms with Crippen LogP contribution in [-0.4, -0.2) is 45.8 Å². The van der Waals surface area contributed by atoms with Crippen molar-refractivity contribution in [3.8, 4) is 0 Å². The Morgan fingerprint density at radius 1 is 1.55 bits per heavy atom. The van der Waals surface area contributed by atoms with Gasteiger partial charge in [-0.15, -0.1) is 0 Å². The number of ether oxygens (including phenoxy) is 1. The van der Waals surface area contributed by atoms with Crippen molar-refractivity contribution in [2.24, 2.45) is 11.1 Å². The van der Waals surface area contributed by atoms with Gasteiger partial charge >= 0.3 is 0 Å². The van der Waals surface area contributed by atoms with Crippen LogP contribution >= 0.6 is 12.2 Å². The van der Waals surface area contributed by atoms with Crippen LogP contribution in [0.2, 0.25) is 0 Å². The van der Waals surface area contributed by atoms with E-state index in [-0.39, 0.29) is 10.9 Å². The van der Waals surface area contributed by atoms with Gasteiger partial charge in [0.2, 0.25) is 5.91 Å². The monoisotopic (exact) mass is 297 g/mol. The fraction of sp³-hybridized carbons (Fsp3) is 0.667. The van der Waals surface area contributed by atoms with E-state index in [9.17, 15) is 4.79 Å². The lowest BCUT2D eigenvalue weighted by Crippen LogP contribution is -2.52. The smallest absolute Gasteiger partial charge is 0.233 e. The Bertz CT molecular complexity index is 456. The number of nitrogens with zero attached hydrogens (tertiary/aromatic N) is 2. The van der Waals surface area contributed by atoms with Gasteiger partial charge in [-0.05, 0) is 19.3 Å². The molecule has 0 bridgehead atoms. The van der Waals surface area contributed by atoms with Gasteiger partial charge < -0.3 is 15.8 Å². The first-order valence-corrected chi connectivity index (χ1v) is 7.06. The van der Waals surface area contributed by atoms with Crippen molar-refractivity contribution >= 4 is 23.1 Å². The Morgan fingerprint density at radius 2 is 2.30 bits per heavy atom. The molecule has 1 amide bonds. The number of H-pyrrole nitrogens is 1. The molecule has 0 aromatic carbocycles. The maximum atomic E-state index is 12.4. The van der Waals surface area contributed by atoms with Crippen LogP contribution in [0.3, 0.4) is 0 Å². The highest BCUT2D eigenvalue weighted by molar-refractivity contribution is 7.80. The summed E-state index contributed by atoms with van der Waals surface area (Å²) in [4.78, 5) is 16.6. The van der Waals surface area contributed by atoms with Crippen LogP contribution < -0.4 is 11.1 Å². The highest BCUT2D eigenvalue weighted by Crippen LogP contribution is 2.31. The molecule has 2 heterocycles. The number of rotatable bonds is 6. The Kier molecular flexibility index (Phi) is 5.02. The number of thiocarbonyl (C=S) groups is 1. The molecule has 110 valence electrons. The predicted molar refractivity (Wildman–Crippen MR) is 77.0 cm³/mol. The van der Waals surface area contributed by atoms with Crippen molar-refractivity contribution in [3.63, 3.8) is 0 Å². The number of hydrogen-bond acceptors (Lipinski definition) is 5. The number of nitrogens with one attached hydrogen (secondary N) is 2. The molecular weight excluding hydrogens is 278 g/mol. The van der Waals surface area contributed by atoms with Gasteiger partial charge in [-0.25, -0.2) is 4.98 Å². The highest BCUT2D eigenvalue weighted by atomic mass is 32.1. The van der Waals surface area contributed by atoms with Gasteiger partial charge in [0.05, 0.1) is 4.99 Å². The molecule has 0 unspecified atom stereocenters. The molecule has 1 aromatic rings. The molecule has 20 heavy (non-hydrogen) atoms. The van der Waals surface area contributed by atoms with Crippen LogP contribution in [0, 0.1) is 5.41 Å². The minimum Gasteiger partial charge on any atom is -0.392 e. The lowest BCUT2D eigenvalue weighted by molar-refractivity contribution is -0.131. The summed E-state index contributed by atoms with van der Waals surface area (Å²) in [5, 5.41) is 9.47. The van der Waals surface area contributed by atoms with E-state index in [2.05, 4.69) is 20.5 Å². The molecule has 1 aliphatic heterocycles. The summed E-state index contributed by atoms with van der Waals surface area (Å²) in [5.74, 6) is 0.722. The van der Waals surface area contributed by atoms with E-state index in [1.54, 1.807) is 0 Å². The molecule has 0 radical (unpaired) electrons. The van der Waals surface area contributed by atoms with Crippen LogP contribution in [0.4, 0.5) is 0 Å². The second kappa shape index (κ2) is 6.76. The molecule has 1 fully saturated rings. The normalized spacial score (nSPS) is 17.6. The standard InChI is InChI=1S/C12H19N5O2S/c13-10(20)12(3-6-19-7-4-12)11(18)14-5-1-2-9-15-8-16-17-9/h8H,1-7H2,(H2,13,20)(H,14,18)(H,15,16,17). The lowest BCUT2D eigenvalue weighted by atomic mass is 9.79. The van der Waals surface area contributed by atoms with Crippen molar-refractivity contribution in [2.75, 3.05) is 19.8 Å². The van der Waals surface area contributed by atoms with Gasteiger partial charge in [-0.2, -0.15) is 5.10 Å². The summed E-state index contributed by atoms with van der Waals surface area (Å²) in [6.45, 7) is 1.59. The molecule has 1 aromatic heterocycles. The first-order valence-electron chi connectivity index (χ1n) is 6.65. The van der Waals surface area contributed by atoms with Gasteiger partial charge in [-0.3, -0.25) is 9.89 Å². The largest absolute Gasteiger partial charge is 0.392 e. The van der Waals surface area contributed by atoms with Crippen LogP contribution in [0.25, 0.3) is 0 Å². The number of aromatic nitrogens is 3. The summed E-state index contributed by atoms with van der Waals surface area (Å²) >= 11 is 5.09. The molecule has 1 aliphatic rings. The molecule has 0 aliphatic carbocycles. The van der Waals surface area contributed by atoms with Crippen molar-refractivity contribution in [1.29, 1.82) is 0 Å². The third-order valence-electron chi connectivity index (χ3n) is 3.59. The van der Waals surface area contributed by atoms with Crippen molar-refractivity contribution in [3.05, 3.63) is 12.2 Å².